The van der Waals surface area contributed by atoms with Crippen LogP contribution in [0.3, 0.4) is 0 Å². The van der Waals surface area contributed by atoms with Crippen LogP contribution in [0.25, 0.3) is 10.9 Å². The van der Waals surface area contributed by atoms with E-state index < -0.39 is 0 Å². The average molecular weight is 423 g/mol. The number of nitrogens with zero attached hydrogens (tertiary/aromatic N) is 2. The second kappa shape index (κ2) is 9.31. The van der Waals surface area contributed by atoms with Crippen LogP contribution >= 0.6 is 0 Å². The summed E-state index contributed by atoms with van der Waals surface area (Å²) in [6, 6.07) is 12.2. The Kier molecular flexibility index (Phi) is 6.32. The molecule has 0 aliphatic carbocycles. The third-order valence-electron chi connectivity index (χ3n) is 5.45. The Morgan fingerprint density at radius 1 is 1.13 bits per heavy atom. The molecule has 1 aliphatic heterocycles. The SMILES string of the molecule is CC(CCCNc1cc2c(cc1N(C)C)OCO2)Nc1cc(CO)cc2cccnc12. The van der Waals surface area contributed by atoms with Crippen molar-refractivity contribution in [2.24, 2.45) is 0 Å². The maximum absolute atomic E-state index is 9.58. The molecule has 0 spiro atoms. The highest BCUT2D eigenvalue weighted by Crippen LogP contribution is 2.40. The number of aliphatic hydroxyl groups is 1. The molecule has 2 aromatic carbocycles. The Balaban J connectivity index is 1.36. The van der Waals surface area contributed by atoms with E-state index >= 15 is 0 Å². The first kappa shape index (κ1) is 21.1. The molecule has 7 heteroatoms. The molecule has 1 unspecified atom stereocenters. The number of fused-ring (bicyclic) bond motifs is 2. The van der Waals surface area contributed by atoms with Gasteiger partial charge in [-0.25, -0.2) is 0 Å². The van der Waals surface area contributed by atoms with Crippen molar-refractivity contribution in [2.75, 3.05) is 43.0 Å². The monoisotopic (exact) mass is 422 g/mol. The number of rotatable bonds is 9. The molecule has 0 fully saturated rings. The van der Waals surface area contributed by atoms with Gasteiger partial charge in [0.25, 0.3) is 0 Å². The number of nitrogens with one attached hydrogen (secondary N) is 2. The predicted octanol–water partition coefficient (Wildman–Crippen LogP) is 4.21. The van der Waals surface area contributed by atoms with Gasteiger partial charge in [0.15, 0.2) is 11.5 Å². The molecule has 0 amide bonds. The van der Waals surface area contributed by atoms with Crippen molar-refractivity contribution in [1.82, 2.24) is 4.98 Å². The van der Waals surface area contributed by atoms with Crippen molar-refractivity contribution < 1.29 is 14.6 Å². The quantitative estimate of drug-likeness (QED) is 0.446. The maximum Gasteiger partial charge on any atom is 0.231 e. The average Bonchev–Trinajstić information content (AvgIpc) is 3.23. The van der Waals surface area contributed by atoms with Crippen molar-refractivity contribution >= 4 is 28.0 Å². The van der Waals surface area contributed by atoms with Crippen molar-refractivity contribution in [3.8, 4) is 11.5 Å². The standard InChI is InChI=1S/C24H30N4O3/c1-16(27-20-11-17(14-29)10-18-7-5-9-26-24(18)20)6-4-8-25-19-12-22-23(31-15-30-22)13-21(19)28(2)3/h5,7,9-13,16,25,27,29H,4,6,8,14-15H2,1-3H3. The fourth-order valence-electron chi connectivity index (χ4n) is 3.87. The second-order valence-corrected chi connectivity index (χ2v) is 8.11. The number of hydrogen-bond acceptors (Lipinski definition) is 7. The smallest absolute Gasteiger partial charge is 0.231 e. The minimum Gasteiger partial charge on any atom is -0.454 e. The molecular weight excluding hydrogens is 392 g/mol. The lowest BCUT2D eigenvalue weighted by Gasteiger charge is -2.20. The van der Waals surface area contributed by atoms with E-state index in [1.807, 2.05) is 50.5 Å². The Hall–Kier alpha value is -3.19. The Morgan fingerprint density at radius 3 is 2.71 bits per heavy atom. The topological polar surface area (TPSA) is 78.9 Å². The lowest BCUT2D eigenvalue weighted by Crippen LogP contribution is -2.18. The minimum atomic E-state index is 0.0154. The summed E-state index contributed by atoms with van der Waals surface area (Å²) in [6.07, 6.45) is 3.79. The van der Waals surface area contributed by atoms with Crippen LogP contribution in [0.2, 0.25) is 0 Å². The highest BCUT2D eigenvalue weighted by atomic mass is 16.7. The van der Waals surface area contributed by atoms with E-state index in [1.54, 1.807) is 6.20 Å². The third-order valence-corrected chi connectivity index (χ3v) is 5.45. The van der Waals surface area contributed by atoms with Crippen molar-refractivity contribution in [1.29, 1.82) is 0 Å². The number of hydrogen-bond donors (Lipinski definition) is 3. The number of benzene rings is 2. The summed E-state index contributed by atoms with van der Waals surface area (Å²) >= 11 is 0. The zero-order valence-corrected chi connectivity index (χ0v) is 18.3. The normalized spacial score (nSPS) is 13.3. The fraction of sp³-hybridized carbons (Fsp3) is 0.375. The zero-order chi connectivity index (χ0) is 21.8. The van der Waals surface area contributed by atoms with Crippen molar-refractivity contribution in [2.45, 2.75) is 32.4 Å². The van der Waals surface area contributed by atoms with Crippen LogP contribution in [-0.2, 0) is 6.61 Å². The first-order valence-corrected chi connectivity index (χ1v) is 10.6. The lowest BCUT2D eigenvalue weighted by molar-refractivity contribution is 0.174. The fourth-order valence-corrected chi connectivity index (χ4v) is 3.87. The van der Waals surface area contributed by atoms with Gasteiger partial charge in [-0.2, -0.15) is 0 Å². The number of aromatic nitrogens is 1. The first-order valence-electron chi connectivity index (χ1n) is 10.6. The summed E-state index contributed by atoms with van der Waals surface area (Å²) < 4.78 is 11.0. The van der Waals surface area contributed by atoms with E-state index in [0.717, 1.165) is 64.4 Å². The highest BCUT2D eigenvalue weighted by Gasteiger charge is 2.18. The molecule has 0 radical (unpaired) electrons. The number of anilines is 3. The number of ether oxygens (including phenoxy) is 2. The molecule has 2 heterocycles. The van der Waals surface area contributed by atoms with E-state index in [2.05, 4.69) is 27.4 Å². The van der Waals surface area contributed by atoms with Crippen LogP contribution in [0.15, 0.2) is 42.6 Å². The summed E-state index contributed by atoms with van der Waals surface area (Å²) in [7, 11) is 4.04. The Bertz CT molecular complexity index is 1050. The largest absolute Gasteiger partial charge is 0.454 e. The lowest BCUT2D eigenvalue weighted by atomic mass is 10.1. The van der Waals surface area contributed by atoms with Gasteiger partial charge in [0, 0.05) is 50.4 Å². The highest BCUT2D eigenvalue weighted by molar-refractivity contribution is 5.91. The number of pyridine rings is 1. The minimum absolute atomic E-state index is 0.0154. The first-order chi connectivity index (χ1) is 15.0. The summed E-state index contributed by atoms with van der Waals surface area (Å²) in [5, 5.41) is 17.7. The molecule has 1 atom stereocenters. The van der Waals surface area contributed by atoms with Crippen LogP contribution < -0.4 is 25.0 Å². The van der Waals surface area contributed by atoms with Gasteiger partial charge < -0.3 is 30.1 Å². The van der Waals surface area contributed by atoms with Gasteiger partial charge in [-0.05, 0) is 43.5 Å². The Morgan fingerprint density at radius 2 is 1.94 bits per heavy atom. The molecule has 4 rings (SSSR count). The summed E-state index contributed by atoms with van der Waals surface area (Å²) in [5.74, 6) is 1.57. The summed E-state index contributed by atoms with van der Waals surface area (Å²) in [4.78, 5) is 6.59. The maximum atomic E-state index is 9.58. The molecule has 164 valence electrons. The van der Waals surface area contributed by atoms with Crippen molar-refractivity contribution in [3.63, 3.8) is 0 Å². The second-order valence-electron chi connectivity index (χ2n) is 8.11. The summed E-state index contributed by atoms with van der Waals surface area (Å²) in [6.45, 7) is 3.31. The van der Waals surface area contributed by atoms with E-state index in [0.29, 0.717) is 0 Å². The van der Waals surface area contributed by atoms with Gasteiger partial charge in [0.1, 0.15) is 0 Å². The molecule has 1 aromatic heterocycles. The predicted molar refractivity (Wildman–Crippen MR) is 125 cm³/mol. The van der Waals surface area contributed by atoms with E-state index in [4.69, 9.17) is 9.47 Å². The van der Waals surface area contributed by atoms with Crippen molar-refractivity contribution in [3.05, 3.63) is 48.2 Å². The molecule has 3 aromatic rings. The van der Waals surface area contributed by atoms with Crippen LogP contribution in [0.1, 0.15) is 25.3 Å². The summed E-state index contributed by atoms with van der Waals surface area (Å²) in [5.41, 5.74) is 4.90. The van der Waals surface area contributed by atoms with E-state index in [1.165, 1.54) is 0 Å². The van der Waals surface area contributed by atoms with Crippen LogP contribution in [-0.4, -0.2) is 43.6 Å². The van der Waals surface area contributed by atoms with Gasteiger partial charge in [0.2, 0.25) is 6.79 Å². The van der Waals surface area contributed by atoms with Crippen LogP contribution in [0, 0.1) is 0 Å². The molecule has 31 heavy (non-hydrogen) atoms. The van der Waals surface area contributed by atoms with E-state index in [-0.39, 0.29) is 19.4 Å². The number of aliphatic hydroxyl groups excluding tert-OH is 1. The molecule has 0 bridgehead atoms. The van der Waals surface area contributed by atoms with Crippen LogP contribution in [0.5, 0.6) is 11.5 Å². The van der Waals surface area contributed by atoms with Gasteiger partial charge >= 0.3 is 0 Å². The Labute approximate surface area is 183 Å². The molecule has 7 nitrogen and oxygen atoms in total. The zero-order valence-electron chi connectivity index (χ0n) is 18.3. The molecule has 0 saturated heterocycles. The van der Waals surface area contributed by atoms with Crippen LogP contribution in [0.4, 0.5) is 17.1 Å². The van der Waals surface area contributed by atoms with Gasteiger partial charge in [0.05, 0.1) is 29.2 Å². The third kappa shape index (κ3) is 4.77. The van der Waals surface area contributed by atoms with E-state index in [9.17, 15) is 5.11 Å². The molecule has 3 N–H and O–H groups in total. The van der Waals surface area contributed by atoms with Gasteiger partial charge in [-0.3, -0.25) is 4.98 Å². The molecular formula is C24H30N4O3. The van der Waals surface area contributed by atoms with Gasteiger partial charge in [-0.1, -0.05) is 6.07 Å². The molecule has 1 aliphatic rings. The molecule has 0 saturated carbocycles. The van der Waals surface area contributed by atoms with Gasteiger partial charge in [-0.15, -0.1) is 0 Å².